The molecule has 2 saturated heterocycles. The lowest BCUT2D eigenvalue weighted by Crippen LogP contribution is -2.48. The van der Waals surface area contributed by atoms with E-state index in [-0.39, 0.29) is 63.0 Å². The third-order valence-corrected chi connectivity index (χ3v) is 9.02. The van der Waals surface area contributed by atoms with E-state index in [1.165, 1.54) is 24.2 Å². The van der Waals surface area contributed by atoms with Gasteiger partial charge < -0.3 is 40.6 Å². The van der Waals surface area contributed by atoms with Crippen molar-refractivity contribution in [3.8, 4) is 0 Å². The van der Waals surface area contributed by atoms with Crippen molar-refractivity contribution in [2.45, 2.75) is 141 Å². The van der Waals surface area contributed by atoms with Crippen LogP contribution < -0.4 is 11.5 Å². The van der Waals surface area contributed by atoms with E-state index in [2.05, 4.69) is 11.7 Å². The van der Waals surface area contributed by atoms with Crippen LogP contribution in [-0.2, 0) is 28.6 Å². The van der Waals surface area contributed by atoms with Crippen LogP contribution in [0.2, 0.25) is 0 Å². The second kappa shape index (κ2) is 25.7. The summed E-state index contributed by atoms with van der Waals surface area (Å²) in [6.07, 6.45) is 5.34. The number of carboxylic acids is 1. The topological polar surface area (TPSA) is 209 Å². The summed E-state index contributed by atoms with van der Waals surface area (Å²) >= 11 is 4.86. The van der Waals surface area contributed by atoms with Crippen molar-refractivity contribution in [1.82, 2.24) is 9.80 Å². The number of hydrogen-bond acceptors (Lipinski definition) is 9. The molecule has 1 aliphatic carbocycles. The van der Waals surface area contributed by atoms with E-state index in [4.69, 9.17) is 37.6 Å². The highest BCUT2D eigenvalue weighted by molar-refractivity contribution is 6.61. The molecular formula is C39H75ClN4O10. The molecule has 3 fully saturated rings. The quantitative estimate of drug-likeness (QED) is 0.181. The maximum absolute atomic E-state index is 11.8. The molecule has 54 heavy (non-hydrogen) atoms. The van der Waals surface area contributed by atoms with Gasteiger partial charge >= 0.3 is 23.6 Å². The molecule has 3 aliphatic rings. The summed E-state index contributed by atoms with van der Waals surface area (Å²) in [4.78, 5) is 69.7. The monoisotopic (exact) mass is 795 g/mol. The summed E-state index contributed by atoms with van der Waals surface area (Å²) in [6, 6.07) is 0. The first-order valence-corrected chi connectivity index (χ1v) is 18.7. The smallest absolute Gasteiger partial charge is 0.410 e. The van der Waals surface area contributed by atoms with Gasteiger partial charge in [-0.3, -0.25) is 14.4 Å². The normalized spacial score (nSPS) is 23.7. The number of likely N-dealkylation sites (tertiary alicyclic amines) is 2. The van der Waals surface area contributed by atoms with Crippen LogP contribution in [0.5, 0.6) is 0 Å². The predicted molar refractivity (Wildman–Crippen MR) is 213 cm³/mol. The molecule has 6 unspecified atom stereocenters. The SMILES string of the molecule is C.C.CC(C)COC(=O)Cl.CC1CCCCC1C(N)=O.CC1CCN(C(=O)OC(C)(C)C)CC1C(=O)O.CC1CCN(C(=O)OC(C)(C)C)CC1C(N)=O. The number of nitrogens with two attached hydrogens (primary N) is 2. The molecule has 318 valence electrons. The van der Waals surface area contributed by atoms with E-state index in [1.807, 2.05) is 48.5 Å². The lowest BCUT2D eigenvalue weighted by atomic mass is 9.80. The zero-order valence-corrected chi connectivity index (χ0v) is 34.1. The van der Waals surface area contributed by atoms with E-state index >= 15 is 0 Å². The van der Waals surface area contributed by atoms with Crippen molar-refractivity contribution in [3.05, 3.63) is 0 Å². The Morgan fingerprint density at radius 1 is 0.685 bits per heavy atom. The second-order valence-electron chi connectivity index (χ2n) is 16.6. The molecule has 3 rings (SSSR count). The highest BCUT2D eigenvalue weighted by Crippen LogP contribution is 2.29. The van der Waals surface area contributed by atoms with Crippen LogP contribution >= 0.6 is 11.6 Å². The molecule has 0 aromatic carbocycles. The molecule has 0 bridgehead atoms. The number of nitrogens with zero attached hydrogens (tertiary/aromatic N) is 2. The van der Waals surface area contributed by atoms with Gasteiger partial charge in [-0.15, -0.1) is 0 Å². The van der Waals surface area contributed by atoms with Crippen molar-refractivity contribution in [2.75, 3.05) is 32.8 Å². The number of aliphatic carboxylic acids is 1. The fourth-order valence-corrected chi connectivity index (χ4v) is 5.85. The lowest BCUT2D eigenvalue weighted by molar-refractivity contribution is -0.145. The van der Waals surface area contributed by atoms with Gasteiger partial charge in [-0.25, -0.2) is 14.4 Å². The fourth-order valence-electron chi connectivity index (χ4n) is 5.79. The zero-order valence-electron chi connectivity index (χ0n) is 33.4. The second-order valence-corrected chi connectivity index (χ2v) is 16.9. The van der Waals surface area contributed by atoms with Crippen LogP contribution in [0.4, 0.5) is 14.4 Å². The van der Waals surface area contributed by atoms with Crippen molar-refractivity contribution in [2.24, 2.45) is 52.9 Å². The molecule has 6 atom stereocenters. The first-order valence-electron chi connectivity index (χ1n) is 18.3. The van der Waals surface area contributed by atoms with Gasteiger partial charge in [0.05, 0.1) is 18.4 Å². The highest BCUT2D eigenvalue weighted by Gasteiger charge is 2.36. The maximum atomic E-state index is 11.8. The summed E-state index contributed by atoms with van der Waals surface area (Å²) < 4.78 is 14.9. The minimum Gasteiger partial charge on any atom is -0.481 e. The maximum Gasteiger partial charge on any atom is 0.410 e. The molecule has 0 aromatic heterocycles. The van der Waals surface area contributed by atoms with Crippen LogP contribution in [0.1, 0.15) is 130 Å². The van der Waals surface area contributed by atoms with Gasteiger partial charge in [0, 0.05) is 43.7 Å². The van der Waals surface area contributed by atoms with E-state index in [0.29, 0.717) is 44.5 Å². The van der Waals surface area contributed by atoms with Gasteiger partial charge in [0.25, 0.3) is 0 Å². The summed E-state index contributed by atoms with van der Waals surface area (Å²) in [6.45, 7) is 23.0. The highest BCUT2D eigenvalue weighted by atomic mass is 35.5. The minimum absolute atomic E-state index is 0. The van der Waals surface area contributed by atoms with Gasteiger partial charge in [-0.05, 0) is 90.9 Å². The number of halogens is 1. The molecular weight excluding hydrogens is 720 g/mol. The Labute approximate surface area is 330 Å². The largest absolute Gasteiger partial charge is 0.481 e. The van der Waals surface area contributed by atoms with Gasteiger partial charge in [-0.2, -0.15) is 0 Å². The minimum atomic E-state index is -0.842. The summed E-state index contributed by atoms with van der Waals surface area (Å²) in [5.74, 6) is -0.675. The third kappa shape index (κ3) is 23.5. The molecule has 0 spiro atoms. The molecule has 0 radical (unpaired) electrons. The Kier molecular flexibility index (Phi) is 26.2. The number of amides is 4. The average Bonchev–Trinajstić information content (AvgIpc) is 2.99. The van der Waals surface area contributed by atoms with Gasteiger partial charge in [0.1, 0.15) is 11.2 Å². The molecule has 1 saturated carbocycles. The Morgan fingerprint density at radius 3 is 1.35 bits per heavy atom. The van der Waals surface area contributed by atoms with Gasteiger partial charge in [0.15, 0.2) is 0 Å². The third-order valence-electron chi connectivity index (χ3n) is 8.91. The Morgan fingerprint density at radius 2 is 1.06 bits per heavy atom. The van der Waals surface area contributed by atoms with Crippen LogP contribution in [0.3, 0.4) is 0 Å². The van der Waals surface area contributed by atoms with Crippen molar-refractivity contribution in [3.63, 3.8) is 0 Å². The summed E-state index contributed by atoms with van der Waals surface area (Å²) in [5, 5.41) is 9.06. The number of primary amides is 2. The standard InChI is InChI=1S/C12H22N2O3.C12H21NO4.C8H15NO.C5H9ClO2.2CH4/c1-8-5-6-14(7-9(8)10(13)15)11(16)17-12(2,3)4;1-8-5-6-13(7-9(8)10(14)15)11(16)17-12(2,3)4;1-6-4-2-3-5-7(6)8(9)10;1-4(2)3-8-5(6)7;;/h8-9H,5-7H2,1-4H3,(H2,13,15);8-9H,5-7H2,1-4H3,(H,14,15);6-7H,2-5H2,1H3,(H2,9,10);4H,3H2,1-2H3;2*1H4. The number of carbonyl (C=O) groups excluding carboxylic acids is 5. The van der Waals surface area contributed by atoms with Crippen LogP contribution in [0, 0.1) is 41.4 Å². The Balaban J connectivity index is -0.000000662. The fraction of sp³-hybridized carbons (Fsp3) is 0.846. The van der Waals surface area contributed by atoms with Gasteiger partial charge in [0.2, 0.25) is 11.8 Å². The predicted octanol–water partition coefficient (Wildman–Crippen LogP) is 7.92. The number of rotatable bonds is 5. The molecule has 0 aromatic rings. The number of piperidine rings is 2. The van der Waals surface area contributed by atoms with Crippen LogP contribution in [-0.4, -0.2) is 94.3 Å². The number of carboxylic acid groups (broad SMARTS) is 1. The number of ether oxygens (including phenoxy) is 3. The summed E-state index contributed by atoms with van der Waals surface area (Å²) in [5.41, 5.74) is 8.77. The van der Waals surface area contributed by atoms with E-state index < -0.39 is 34.6 Å². The van der Waals surface area contributed by atoms with Crippen molar-refractivity contribution >= 4 is 47.0 Å². The Bertz CT molecular complexity index is 1110. The Hall–Kier alpha value is -3.29. The molecule has 14 nitrogen and oxygen atoms in total. The first-order chi connectivity index (χ1) is 23.7. The molecule has 5 N–H and O–H groups in total. The van der Waals surface area contributed by atoms with Crippen LogP contribution in [0.25, 0.3) is 0 Å². The average molecular weight is 795 g/mol. The molecule has 2 aliphatic heterocycles. The van der Waals surface area contributed by atoms with E-state index in [1.54, 1.807) is 25.7 Å². The van der Waals surface area contributed by atoms with E-state index in [0.717, 1.165) is 12.8 Å². The molecule has 2 heterocycles. The first kappa shape index (κ1) is 55.1. The molecule has 4 amide bonds. The zero-order chi connectivity index (χ0) is 40.6. The van der Waals surface area contributed by atoms with Gasteiger partial charge in [-0.1, -0.05) is 62.3 Å². The number of hydrogen-bond donors (Lipinski definition) is 3. The van der Waals surface area contributed by atoms with Crippen LogP contribution in [0.15, 0.2) is 0 Å². The van der Waals surface area contributed by atoms with Crippen molar-refractivity contribution in [1.29, 1.82) is 0 Å². The summed E-state index contributed by atoms with van der Waals surface area (Å²) in [7, 11) is 0. The van der Waals surface area contributed by atoms with E-state index in [9.17, 15) is 28.8 Å². The number of carbonyl (C=O) groups is 6. The molecule has 15 heteroatoms. The lowest BCUT2D eigenvalue weighted by Gasteiger charge is -2.36. The van der Waals surface area contributed by atoms with Crippen molar-refractivity contribution < 1.29 is 48.1 Å².